The molecule has 1 radical (unpaired) electrons. The Labute approximate surface area is 48.2 Å². The molecule has 5 heavy (non-hydrogen) atoms. The molecule has 0 saturated heterocycles. The molecular weight excluding hydrogens is 126 g/mol. The third kappa shape index (κ3) is 11.5. The molecule has 0 amide bonds. The molecule has 0 fully saturated rings. The first-order valence-corrected chi connectivity index (χ1v) is 1.62. The van der Waals surface area contributed by atoms with E-state index in [1.54, 1.807) is 0 Å². The smallest absolute Gasteiger partial charge is 0.0566 e. The van der Waals surface area contributed by atoms with Gasteiger partial charge in [-0.25, -0.2) is 0 Å². The third-order valence-electron chi connectivity index (χ3n) is 0.0845. The van der Waals surface area contributed by atoms with E-state index in [0.717, 1.165) is 0 Å². The van der Waals surface area contributed by atoms with Crippen LogP contribution in [0.5, 0.6) is 0 Å². The Hall–Kier alpha value is 0.834. The molecule has 0 aromatic heterocycles. The molecule has 0 heterocycles. The molecule has 0 atom stereocenters. The monoisotopic (exact) mass is 131 g/mol. The van der Waals surface area contributed by atoms with Crippen LogP contribution in [0.1, 0.15) is 0 Å². The van der Waals surface area contributed by atoms with E-state index in [1.807, 2.05) is 0 Å². The molecule has 0 aromatic carbocycles. The maximum Gasteiger partial charge on any atom is 0.0566 e. The minimum absolute atomic E-state index is 0. The van der Waals surface area contributed by atoms with Crippen LogP contribution in [-0.4, -0.2) is 17.6 Å². The summed E-state index contributed by atoms with van der Waals surface area (Å²) in [6, 6.07) is 0. The Kier molecular flexibility index (Phi) is 16.4. The second-order valence-corrected chi connectivity index (χ2v) is 0.791. The first kappa shape index (κ1) is 9.27. The zero-order valence-corrected chi connectivity index (χ0v) is 4.84. The summed E-state index contributed by atoms with van der Waals surface area (Å²) in [6.07, 6.45) is 0. The molecule has 0 bridgehead atoms. The van der Waals surface area contributed by atoms with Crippen molar-refractivity contribution in [3.63, 3.8) is 0 Å². The molecule has 0 spiro atoms. The number of halogens is 1. The summed E-state index contributed by atoms with van der Waals surface area (Å²) in [5.41, 5.74) is 0. The molecule has 0 aromatic rings. The van der Waals surface area contributed by atoms with Crippen molar-refractivity contribution < 1.29 is 23.7 Å². The van der Waals surface area contributed by atoms with Gasteiger partial charge in [0.2, 0.25) is 0 Å². The van der Waals surface area contributed by atoms with E-state index in [2.05, 4.69) is 0 Å². The maximum atomic E-state index is 7.74. The summed E-state index contributed by atoms with van der Waals surface area (Å²) in [5, 5.41) is 7.74. The average Bonchev–Trinajstić information content (AvgIpc) is 1.37. The van der Waals surface area contributed by atoms with Crippen LogP contribution in [0.15, 0.2) is 0 Å². The topological polar surface area (TPSA) is 20.2 Å². The quantitative estimate of drug-likeness (QED) is 0.505. The Morgan fingerprint density at radius 1 is 1.60 bits per heavy atom. The van der Waals surface area contributed by atoms with Crippen LogP contribution in [0, 0.1) is 0 Å². The third-order valence-corrected chi connectivity index (χ3v) is 0.254. The zero-order chi connectivity index (χ0) is 3.41. The van der Waals surface area contributed by atoms with Crippen molar-refractivity contribution in [2.45, 2.75) is 0 Å². The van der Waals surface area contributed by atoms with Gasteiger partial charge in [-0.15, -0.1) is 11.6 Å². The van der Waals surface area contributed by atoms with Crippen LogP contribution in [0.3, 0.4) is 0 Å². The standard InChI is InChI=1S/C2H5ClO.V/c3-1-2-4;/h4H,1-2H2;. The molecule has 0 unspecified atom stereocenters. The summed E-state index contributed by atoms with van der Waals surface area (Å²) >= 11 is 4.94. The fourth-order valence-electron chi connectivity index (χ4n) is 0. The number of hydrogen-bond donors (Lipinski definition) is 1. The van der Waals surface area contributed by atoms with Gasteiger partial charge in [0.05, 0.1) is 6.61 Å². The second-order valence-electron chi connectivity index (χ2n) is 0.413. The largest absolute Gasteiger partial charge is 0.395 e. The van der Waals surface area contributed by atoms with Gasteiger partial charge in [-0.05, 0) is 0 Å². The van der Waals surface area contributed by atoms with Crippen LogP contribution in [0.25, 0.3) is 0 Å². The molecule has 3 heteroatoms. The summed E-state index contributed by atoms with van der Waals surface area (Å²) in [5.74, 6) is 0.347. The van der Waals surface area contributed by atoms with E-state index in [4.69, 9.17) is 16.7 Å². The van der Waals surface area contributed by atoms with Crippen LogP contribution < -0.4 is 0 Å². The van der Waals surface area contributed by atoms with Crippen molar-refractivity contribution in [2.75, 3.05) is 12.5 Å². The van der Waals surface area contributed by atoms with Gasteiger partial charge in [0.15, 0.2) is 0 Å². The number of aliphatic hydroxyl groups is 1. The van der Waals surface area contributed by atoms with E-state index in [9.17, 15) is 0 Å². The fraction of sp³-hybridized carbons (Fsp3) is 1.00. The van der Waals surface area contributed by atoms with E-state index < -0.39 is 0 Å². The molecule has 1 nitrogen and oxygen atoms in total. The van der Waals surface area contributed by atoms with Crippen molar-refractivity contribution in [1.82, 2.24) is 0 Å². The predicted molar refractivity (Wildman–Crippen MR) is 17.8 cm³/mol. The number of aliphatic hydroxyl groups excluding tert-OH is 1. The van der Waals surface area contributed by atoms with Crippen LogP contribution in [0.2, 0.25) is 0 Å². The molecule has 0 rings (SSSR count). The average molecular weight is 131 g/mol. The Morgan fingerprint density at radius 3 is 1.80 bits per heavy atom. The van der Waals surface area contributed by atoms with Crippen LogP contribution in [-0.2, 0) is 18.6 Å². The van der Waals surface area contributed by atoms with Gasteiger partial charge in [0.25, 0.3) is 0 Å². The fourth-order valence-corrected chi connectivity index (χ4v) is 0. The maximum absolute atomic E-state index is 7.74. The van der Waals surface area contributed by atoms with E-state index in [0.29, 0.717) is 5.88 Å². The van der Waals surface area contributed by atoms with Gasteiger partial charge in [-0.3, -0.25) is 0 Å². The Morgan fingerprint density at radius 2 is 1.80 bits per heavy atom. The second kappa shape index (κ2) is 8.85. The SMILES string of the molecule is OCCCl.[V]. The van der Waals surface area contributed by atoms with Crippen molar-refractivity contribution >= 4 is 11.6 Å². The normalized spacial score (nSPS) is 6.00. The predicted octanol–water partition coefficient (Wildman–Crippen LogP) is 0.215. The van der Waals surface area contributed by atoms with Crippen molar-refractivity contribution in [3.8, 4) is 0 Å². The summed E-state index contributed by atoms with van der Waals surface area (Å²) in [6.45, 7) is 0.0849. The van der Waals surface area contributed by atoms with Gasteiger partial charge in [0, 0.05) is 24.4 Å². The zero-order valence-electron chi connectivity index (χ0n) is 2.69. The van der Waals surface area contributed by atoms with Gasteiger partial charge >= 0.3 is 0 Å². The van der Waals surface area contributed by atoms with Crippen LogP contribution in [0.4, 0.5) is 0 Å². The molecule has 0 aliphatic rings. The van der Waals surface area contributed by atoms with E-state index in [1.165, 1.54) is 0 Å². The van der Waals surface area contributed by atoms with Crippen molar-refractivity contribution in [2.24, 2.45) is 0 Å². The van der Waals surface area contributed by atoms with Gasteiger partial charge in [0.1, 0.15) is 0 Å². The van der Waals surface area contributed by atoms with Crippen molar-refractivity contribution in [1.29, 1.82) is 0 Å². The summed E-state index contributed by atoms with van der Waals surface area (Å²) in [7, 11) is 0. The summed E-state index contributed by atoms with van der Waals surface area (Å²) in [4.78, 5) is 0. The van der Waals surface area contributed by atoms with E-state index in [-0.39, 0.29) is 25.2 Å². The van der Waals surface area contributed by atoms with Crippen LogP contribution >= 0.6 is 11.6 Å². The molecular formula is C2H5ClOV. The van der Waals surface area contributed by atoms with E-state index >= 15 is 0 Å². The van der Waals surface area contributed by atoms with Gasteiger partial charge in [-0.2, -0.15) is 0 Å². The molecule has 0 saturated carbocycles. The first-order valence-electron chi connectivity index (χ1n) is 1.08. The number of alkyl halides is 1. The Bertz CT molecular complexity index is 11.6. The van der Waals surface area contributed by atoms with Gasteiger partial charge < -0.3 is 5.11 Å². The Balaban J connectivity index is 0. The summed E-state index contributed by atoms with van der Waals surface area (Å²) < 4.78 is 0. The minimum atomic E-state index is 0. The molecule has 0 aliphatic carbocycles. The number of hydrogen-bond acceptors (Lipinski definition) is 1. The first-order chi connectivity index (χ1) is 1.91. The molecule has 31 valence electrons. The molecule has 0 aliphatic heterocycles. The van der Waals surface area contributed by atoms with Crippen molar-refractivity contribution in [3.05, 3.63) is 0 Å². The molecule has 1 N–H and O–H groups in total. The minimum Gasteiger partial charge on any atom is -0.395 e. The number of rotatable bonds is 1. The van der Waals surface area contributed by atoms with Gasteiger partial charge in [-0.1, -0.05) is 0 Å².